The Hall–Kier alpha value is -0.610. The van der Waals surface area contributed by atoms with Crippen LogP contribution in [0.5, 0.6) is 0 Å². The van der Waals surface area contributed by atoms with Gasteiger partial charge >= 0.3 is 4.87 Å². The molecule has 3 nitrogen and oxygen atoms in total. The number of hydrogen-bond acceptors (Lipinski definition) is 3. The van der Waals surface area contributed by atoms with Crippen LogP contribution in [0.15, 0.2) is 10.2 Å². The van der Waals surface area contributed by atoms with Crippen molar-refractivity contribution in [2.75, 3.05) is 0 Å². The van der Waals surface area contributed by atoms with E-state index in [1.807, 2.05) is 12.3 Å². The quantitative estimate of drug-likeness (QED) is 0.802. The van der Waals surface area contributed by atoms with Gasteiger partial charge in [0, 0.05) is 17.6 Å². The molecule has 0 unspecified atom stereocenters. The van der Waals surface area contributed by atoms with Crippen LogP contribution in [0.1, 0.15) is 26.0 Å². The minimum atomic E-state index is -0.701. The normalized spacial score (nSPS) is 12.0. The first-order valence-corrected chi connectivity index (χ1v) is 5.15. The molecule has 0 atom stereocenters. The van der Waals surface area contributed by atoms with Crippen molar-refractivity contribution < 1.29 is 5.11 Å². The van der Waals surface area contributed by atoms with Crippen LogP contribution in [0.2, 0.25) is 0 Å². The molecule has 0 aromatic carbocycles. The molecule has 0 fully saturated rings. The topological polar surface area (TPSA) is 42.2 Å². The van der Waals surface area contributed by atoms with Gasteiger partial charge in [-0.2, -0.15) is 0 Å². The third-order valence-electron chi connectivity index (χ3n) is 1.92. The lowest BCUT2D eigenvalue weighted by atomic mass is 10.1. The van der Waals surface area contributed by atoms with E-state index >= 15 is 0 Å². The molecule has 1 N–H and O–H groups in total. The maximum Gasteiger partial charge on any atom is 0.307 e. The van der Waals surface area contributed by atoms with E-state index in [1.54, 1.807) is 18.4 Å². The summed E-state index contributed by atoms with van der Waals surface area (Å²) in [5.74, 6) is 0. The lowest BCUT2D eigenvalue weighted by molar-refractivity contribution is 0.0659. The van der Waals surface area contributed by atoms with Crippen molar-refractivity contribution >= 4 is 11.3 Å². The highest BCUT2D eigenvalue weighted by Crippen LogP contribution is 2.10. The van der Waals surface area contributed by atoms with Crippen molar-refractivity contribution in [3.63, 3.8) is 0 Å². The van der Waals surface area contributed by atoms with Crippen LogP contribution in [0.3, 0.4) is 0 Å². The molecular weight excluding hydrogens is 186 g/mol. The van der Waals surface area contributed by atoms with Crippen LogP contribution < -0.4 is 4.87 Å². The molecule has 0 saturated carbocycles. The minimum absolute atomic E-state index is 0.0572. The summed E-state index contributed by atoms with van der Waals surface area (Å²) < 4.78 is 1.70. The molecule has 1 rings (SSSR count). The molecule has 74 valence electrons. The minimum Gasteiger partial charge on any atom is -0.390 e. The van der Waals surface area contributed by atoms with Crippen LogP contribution in [0.25, 0.3) is 0 Å². The number of aliphatic hydroxyl groups is 1. The predicted octanol–water partition coefficient (Wildman–Crippen LogP) is 1.38. The largest absolute Gasteiger partial charge is 0.390 e. The van der Waals surface area contributed by atoms with E-state index in [9.17, 15) is 9.90 Å². The molecule has 1 heterocycles. The number of hydrogen-bond donors (Lipinski definition) is 1. The van der Waals surface area contributed by atoms with Gasteiger partial charge in [0.05, 0.1) is 5.60 Å². The van der Waals surface area contributed by atoms with Crippen molar-refractivity contribution in [3.05, 3.63) is 20.7 Å². The average molecular weight is 201 g/mol. The highest BCUT2D eigenvalue weighted by atomic mass is 32.1. The lowest BCUT2D eigenvalue weighted by Crippen LogP contribution is -2.24. The van der Waals surface area contributed by atoms with Gasteiger partial charge in [0.15, 0.2) is 0 Å². The molecular formula is C9H15NO2S. The number of aryl methyl sites for hydroxylation is 1. The van der Waals surface area contributed by atoms with E-state index in [-0.39, 0.29) is 4.87 Å². The molecule has 0 bridgehead atoms. The fourth-order valence-electron chi connectivity index (χ4n) is 1.06. The van der Waals surface area contributed by atoms with Gasteiger partial charge in [0.2, 0.25) is 0 Å². The molecule has 0 aliphatic carbocycles. The van der Waals surface area contributed by atoms with Crippen LogP contribution in [0.4, 0.5) is 0 Å². The van der Waals surface area contributed by atoms with Gasteiger partial charge in [0.25, 0.3) is 0 Å². The monoisotopic (exact) mass is 201 g/mol. The first kappa shape index (κ1) is 10.5. The second-order valence-corrected chi connectivity index (χ2v) is 4.68. The van der Waals surface area contributed by atoms with E-state index in [4.69, 9.17) is 0 Å². The summed E-state index contributed by atoms with van der Waals surface area (Å²) in [7, 11) is 0. The van der Waals surface area contributed by atoms with E-state index in [1.165, 1.54) is 11.3 Å². The molecule has 13 heavy (non-hydrogen) atoms. The van der Waals surface area contributed by atoms with Gasteiger partial charge in [-0.1, -0.05) is 11.3 Å². The fraction of sp³-hybridized carbons (Fsp3) is 0.667. The fourth-order valence-corrected chi connectivity index (χ4v) is 1.82. The van der Waals surface area contributed by atoms with E-state index in [2.05, 4.69) is 0 Å². The summed E-state index contributed by atoms with van der Waals surface area (Å²) >= 11 is 1.21. The Balaban J connectivity index is 2.70. The molecule has 0 radical (unpaired) electrons. The van der Waals surface area contributed by atoms with Gasteiger partial charge in [-0.25, -0.2) is 0 Å². The molecule has 0 saturated heterocycles. The Morgan fingerprint density at radius 2 is 2.23 bits per heavy atom. The third-order valence-corrected chi connectivity index (χ3v) is 2.80. The Bertz CT molecular complexity index is 332. The van der Waals surface area contributed by atoms with Gasteiger partial charge in [-0.15, -0.1) is 0 Å². The highest BCUT2D eigenvalue weighted by Gasteiger charge is 2.13. The summed E-state index contributed by atoms with van der Waals surface area (Å²) in [5.41, 5.74) is 0.271. The first-order valence-electron chi connectivity index (χ1n) is 4.27. The second kappa shape index (κ2) is 3.64. The smallest absolute Gasteiger partial charge is 0.307 e. The zero-order valence-corrected chi connectivity index (χ0v) is 9.02. The molecule has 0 spiro atoms. The summed E-state index contributed by atoms with van der Waals surface area (Å²) in [4.78, 5) is 11.3. The molecule has 4 heteroatoms. The molecule has 0 aliphatic heterocycles. The van der Waals surface area contributed by atoms with Crippen molar-refractivity contribution in [3.8, 4) is 0 Å². The number of rotatable bonds is 3. The number of aromatic nitrogens is 1. The van der Waals surface area contributed by atoms with Crippen LogP contribution >= 0.6 is 11.3 Å². The lowest BCUT2D eigenvalue weighted by Gasteiger charge is -2.17. The maximum atomic E-state index is 11.3. The SMILES string of the molecule is Cc1csc(=O)n1CCC(C)(C)O. The standard InChI is InChI=1S/C9H15NO2S/c1-7-6-13-8(11)10(7)5-4-9(2,3)12/h6,12H,4-5H2,1-3H3. The predicted molar refractivity (Wildman–Crippen MR) is 54.2 cm³/mol. The summed E-state index contributed by atoms with van der Waals surface area (Å²) in [6.07, 6.45) is 0.602. The molecule has 0 aliphatic rings. The Morgan fingerprint density at radius 3 is 2.62 bits per heavy atom. The zero-order chi connectivity index (χ0) is 10.1. The summed E-state index contributed by atoms with van der Waals surface area (Å²) in [5, 5.41) is 11.3. The van der Waals surface area contributed by atoms with E-state index in [0.717, 1.165) is 5.69 Å². The number of nitrogens with zero attached hydrogens (tertiary/aromatic N) is 1. The summed E-state index contributed by atoms with van der Waals surface area (Å²) in [6.45, 7) is 6.00. The van der Waals surface area contributed by atoms with Gasteiger partial charge < -0.3 is 9.67 Å². The van der Waals surface area contributed by atoms with E-state index < -0.39 is 5.60 Å². The average Bonchev–Trinajstić information content (AvgIpc) is 2.27. The Kier molecular flexibility index (Phi) is 2.93. The number of thiazole rings is 1. The van der Waals surface area contributed by atoms with Crippen molar-refractivity contribution in [1.82, 2.24) is 4.57 Å². The first-order chi connectivity index (χ1) is 5.90. The zero-order valence-electron chi connectivity index (χ0n) is 8.20. The molecule has 1 aromatic rings. The van der Waals surface area contributed by atoms with Crippen molar-refractivity contribution in [2.24, 2.45) is 0 Å². The van der Waals surface area contributed by atoms with Crippen molar-refractivity contribution in [1.29, 1.82) is 0 Å². The van der Waals surface area contributed by atoms with Crippen LogP contribution in [-0.4, -0.2) is 15.3 Å². The van der Waals surface area contributed by atoms with Crippen molar-refractivity contribution in [2.45, 2.75) is 39.3 Å². The van der Waals surface area contributed by atoms with Gasteiger partial charge in [-0.3, -0.25) is 4.79 Å². The second-order valence-electron chi connectivity index (χ2n) is 3.86. The molecule has 1 aromatic heterocycles. The van der Waals surface area contributed by atoms with Crippen LogP contribution in [-0.2, 0) is 6.54 Å². The van der Waals surface area contributed by atoms with Crippen LogP contribution in [0, 0.1) is 6.92 Å². The maximum absolute atomic E-state index is 11.3. The van der Waals surface area contributed by atoms with Gasteiger partial charge in [0.1, 0.15) is 0 Å². The summed E-state index contributed by atoms with van der Waals surface area (Å²) in [6, 6.07) is 0. The molecule has 0 amide bonds. The third kappa shape index (κ3) is 2.97. The Labute approximate surface area is 81.6 Å². The van der Waals surface area contributed by atoms with Gasteiger partial charge in [-0.05, 0) is 27.2 Å². The highest BCUT2D eigenvalue weighted by molar-refractivity contribution is 7.07. The van der Waals surface area contributed by atoms with E-state index in [0.29, 0.717) is 13.0 Å². The Morgan fingerprint density at radius 1 is 1.62 bits per heavy atom.